The van der Waals surface area contributed by atoms with Crippen molar-refractivity contribution < 1.29 is 9.21 Å². The number of fused-ring (bicyclic) bond motifs is 2. The molecule has 1 aliphatic heterocycles. The zero-order chi connectivity index (χ0) is 17.6. The first-order chi connectivity index (χ1) is 12.1. The molecule has 1 atom stereocenters. The van der Waals surface area contributed by atoms with Gasteiger partial charge in [-0.05, 0) is 19.1 Å². The molecule has 0 saturated carbocycles. The molecule has 25 heavy (non-hydrogen) atoms. The molecule has 1 amide bonds. The van der Waals surface area contributed by atoms with Crippen molar-refractivity contribution in [3.63, 3.8) is 0 Å². The molecule has 0 saturated heterocycles. The Labute approximate surface area is 148 Å². The Hall–Kier alpha value is -2.54. The van der Waals surface area contributed by atoms with Gasteiger partial charge in [0.25, 0.3) is 11.5 Å². The monoisotopic (exact) mass is 355 g/mol. The molecule has 6 nitrogen and oxygen atoms in total. The minimum atomic E-state index is -0.349. The van der Waals surface area contributed by atoms with E-state index in [1.54, 1.807) is 11.6 Å². The second kappa shape index (κ2) is 6.07. The van der Waals surface area contributed by atoms with Crippen molar-refractivity contribution >= 4 is 28.6 Å². The highest BCUT2D eigenvalue weighted by Gasteiger charge is 2.26. The van der Waals surface area contributed by atoms with E-state index in [1.807, 2.05) is 37.3 Å². The van der Waals surface area contributed by atoms with Crippen molar-refractivity contribution in [1.29, 1.82) is 0 Å². The molecule has 7 heteroatoms. The van der Waals surface area contributed by atoms with Crippen molar-refractivity contribution in [2.75, 3.05) is 12.8 Å². The molecule has 0 bridgehead atoms. The van der Waals surface area contributed by atoms with E-state index in [0.717, 1.165) is 16.7 Å². The Morgan fingerprint density at radius 3 is 3.00 bits per heavy atom. The molecule has 128 valence electrons. The fraction of sp³-hybridized carbons (Fsp3) is 0.278. The van der Waals surface area contributed by atoms with E-state index in [1.165, 1.54) is 22.9 Å². The van der Waals surface area contributed by atoms with Gasteiger partial charge < -0.3 is 9.32 Å². The lowest BCUT2D eigenvalue weighted by Gasteiger charge is -2.23. The van der Waals surface area contributed by atoms with Crippen molar-refractivity contribution in [2.24, 2.45) is 0 Å². The molecular weight excluding hydrogens is 338 g/mol. The predicted molar refractivity (Wildman–Crippen MR) is 95.9 cm³/mol. The zero-order valence-corrected chi connectivity index (χ0v) is 14.7. The number of para-hydroxylation sites is 1. The molecule has 0 N–H and O–H groups in total. The summed E-state index contributed by atoms with van der Waals surface area (Å²) in [5, 5.41) is 1.66. The van der Waals surface area contributed by atoms with E-state index in [0.29, 0.717) is 17.5 Å². The van der Waals surface area contributed by atoms with Crippen LogP contribution in [0.5, 0.6) is 0 Å². The largest absolute Gasteiger partial charge is 0.459 e. The Kier molecular flexibility index (Phi) is 3.88. The van der Waals surface area contributed by atoms with E-state index in [9.17, 15) is 9.59 Å². The number of carbonyl (C=O) groups is 1. The number of rotatable bonds is 3. The van der Waals surface area contributed by atoms with Crippen molar-refractivity contribution in [2.45, 2.75) is 24.7 Å². The Balaban J connectivity index is 1.65. The number of nitrogens with zero attached hydrogens (tertiary/aromatic N) is 3. The van der Waals surface area contributed by atoms with Gasteiger partial charge in [0.1, 0.15) is 16.9 Å². The van der Waals surface area contributed by atoms with Crippen LogP contribution in [0.2, 0.25) is 0 Å². The maximum atomic E-state index is 12.8. The summed E-state index contributed by atoms with van der Waals surface area (Å²) in [7, 11) is 1.67. The van der Waals surface area contributed by atoms with Gasteiger partial charge >= 0.3 is 0 Å². The molecule has 0 fully saturated rings. The van der Waals surface area contributed by atoms with Gasteiger partial charge in [0.05, 0.1) is 6.04 Å². The number of hydrogen-bond donors (Lipinski definition) is 0. The molecule has 0 aliphatic carbocycles. The van der Waals surface area contributed by atoms with Gasteiger partial charge in [-0.3, -0.25) is 14.2 Å². The van der Waals surface area contributed by atoms with Gasteiger partial charge in [0.15, 0.2) is 5.16 Å². The second-order valence-corrected chi connectivity index (χ2v) is 7.10. The summed E-state index contributed by atoms with van der Waals surface area (Å²) < 4.78 is 7.41. The van der Waals surface area contributed by atoms with Gasteiger partial charge in [-0.25, -0.2) is 4.98 Å². The van der Waals surface area contributed by atoms with Crippen LogP contribution in [0.25, 0.3) is 11.0 Å². The smallest absolute Gasteiger partial charge is 0.267 e. The second-order valence-electron chi connectivity index (χ2n) is 6.04. The highest BCUT2D eigenvalue weighted by molar-refractivity contribution is 7.99. The third kappa shape index (κ3) is 2.64. The van der Waals surface area contributed by atoms with E-state index in [4.69, 9.17) is 4.42 Å². The average molecular weight is 355 g/mol. The van der Waals surface area contributed by atoms with Gasteiger partial charge in [0.2, 0.25) is 0 Å². The highest BCUT2D eigenvalue weighted by atomic mass is 32.2. The van der Waals surface area contributed by atoms with E-state index in [-0.39, 0.29) is 23.1 Å². The summed E-state index contributed by atoms with van der Waals surface area (Å²) in [6, 6.07) is 9.33. The summed E-state index contributed by atoms with van der Waals surface area (Å²) in [6.07, 6.45) is 1.39. The van der Waals surface area contributed by atoms with Gasteiger partial charge in [-0.2, -0.15) is 0 Å². The number of hydrogen-bond acceptors (Lipinski definition) is 5. The van der Waals surface area contributed by atoms with Crippen LogP contribution in [0.3, 0.4) is 0 Å². The molecule has 3 heterocycles. The van der Waals surface area contributed by atoms with E-state index < -0.39 is 0 Å². The van der Waals surface area contributed by atoms with Crippen molar-refractivity contribution in [1.82, 2.24) is 14.5 Å². The van der Waals surface area contributed by atoms with Crippen LogP contribution in [-0.4, -0.2) is 33.2 Å². The average Bonchev–Trinajstić information content (AvgIpc) is 3.27. The Morgan fingerprint density at radius 1 is 1.40 bits per heavy atom. The molecule has 0 spiro atoms. The van der Waals surface area contributed by atoms with Crippen molar-refractivity contribution in [3.05, 3.63) is 58.2 Å². The van der Waals surface area contributed by atoms with Gasteiger partial charge in [-0.1, -0.05) is 30.0 Å². The number of thioether (sulfide) groups is 1. The quantitative estimate of drug-likeness (QED) is 0.676. The molecule has 4 rings (SSSR count). The minimum Gasteiger partial charge on any atom is -0.459 e. The normalized spacial score (nSPS) is 14.5. The predicted octanol–water partition coefficient (Wildman–Crippen LogP) is 2.93. The molecule has 1 unspecified atom stereocenters. The number of benzene rings is 1. The number of amides is 1. The first-order valence-corrected chi connectivity index (χ1v) is 9.03. The lowest BCUT2D eigenvalue weighted by molar-refractivity contribution is 0.0724. The fourth-order valence-electron chi connectivity index (χ4n) is 2.93. The number of carbonyl (C=O) groups excluding carboxylic acids is 1. The van der Waals surface area contributed by atoms with Crippen LogP contribution in [0.15, 0.2) is 50.9 Å². The third-order valence-electron chi connectivity index (χ3n) is 4.54. The number of furan rings is 1. The third-order valence-corrected chi connectivity index (χ3v) is 5.52. The Bertz CT molecular complexity index is 991. The molecular formula is C18H17N3O3S. The summed E-state index contributed by atoms with van der Waals surface area (Å²) in [5.41, 5.74) is 0.599. The van der Waals surface area contributed by atoms with Gasteiger partial charge in [0, 0.05) is 30.9 Å². The maximum absolute atomic E-state index is 12.8. The lowest BCUT2D eigenvalue weighted by atomic mass is 10.1. The van der Waals surface area contributed by atoms with Crippen LogP contribution in [0, 0.1) is 0 Å². The summed E-state index contributed by atoms with van der Waals surface area (Å²) in [4.78, 5) is 31.1. The highest BCUT2D eigenvalue weighted by Crippen LogP contribution is 2.27. The maximum Gasteiger partial charge on any atom is 0.267 e. The first kappa shape index (κ1) is 16.0. The van der Waals surface area contributed by atoms with Crippen LogP contribution in [0.4, 0.5) is 0 Å². The van der Waals surface area contributed by atoms with Crippen LogP contribution < -0.4 is 5.56 Å². The van der Waals surface area contributed by atoms with Crippen LogP contribution in [0.1, 0.15) is 29.1 Å². The van der Waals surface area contributed by atoms with E-state index in [2.05, 4.69) is 4.98 Å². The van der Waals surface area contributed by atoms with Crippen LogP contribution in [-0.2, 0) is 6.54 Å². The molecule has 1 aromatic carbocycles. The van der Waals surface area contributed by atoms with Gasteiger partial charge in [-0.15, -0.1) is 0 Å². The first-order valence-electron chi connectivity index (χ1n) is 8.04. The molecule has 1 aliphatic rings. The van der Waals surface area contributed by atoms with Crippen molar-refractivity contribution in [3.8, 4) is 0 Å². The molecule has 2 aromatic heterocycles. The Morgan fingerprint density at radius 2 is 2.20 bits per heavy atom. The van der Waals surface area contributed by atoms with Crippen LogP contribution >= 0.6 is 11.8 Å². The standard InChI is InChI=1S/C18H17N3O3S/c1-11(15-9-12-5-3-4-6-14(12)24-15)20(2)16(22)13-10-19-18-21(17(13)23)7-8-25-18/h3-6,9-11H,7-8H2,1-2H3. The lowest BCUT2D eigenvalue weighted by Crippen LogP contribution is -2.36. The molecule has 0 radical (unpaired) electrons. The molecule has 3 aromatic rings. The topological polar surface area (TPSA) is 68.3 Å². The zero-order valence-electron chi connectivity index (χ0n) is 13.9. The summed E-state index contributed by atoms with van der Waals surface area (Å²) >= 11 is 1.53. The number of aromatic nitrogens is 2. The summed E-state index contributed by atoms with van der Waals surface area (Å²) in [6.45, 7) is 2.47. The summed E-state index contributed by atoms with van der Waals surface area (Å²) in [5.74, 6) is 1.14. The fourth-order valence-corrected chi connectivity index (χ4v) is 3.84. The minimum absolute atomic E-state index is 0.0942. The van der Waals surface area contributed by atoms with E-state index >= 15 is 0 Å². The SMILES string of the molecule is CC(c1cc2ccccc2o1)N(C)C(=O)c1cnc2n(c1=O)CCS2.